The Bertz CT molecular complexity index is 4170. The normalized spacial score (nSPS) is 13.2. The van der Waals surface area contributed by atoms with E-state index >= 15 is 0 Å². The molecule has 0 spiro atoms. The molecule has 0 bridgehead atoms. The average Bonchev–Trinajstić information content (AvgIpc) is 1.70. The molecule has 524 valence electrons. The standard InChI is InChI=1S/C75H91BN8O14S/c1-6-81(7-2)55-35-37-59-64(47-55)98-65-48-56(82(8-3)9-4)36-38-60(65)69(59)57-26-17-18-27-58(57)75(91)84-44-42-83(43-45-84)68(87)30-20-19-29-67(86)80-63(50-99(93,94)95)74(90)78-39-21-11-14-28-66(85)77-40-41-79-73(89)61-46-54(72(96-5)70-62(61)49-97-76(70)92)25-16-15-22-51-31-33-53(34-32-51)71(88)52-23-12-10-13-24-52/h10,12-13,17-18,23-24,26-27,31-38,46-48,63,92H,6-9,11,14-16,19-22,25,28-30,39-45,49-50H2,1-5H3,(H4-,77,78,79,80,85,86,89,90,93,94,95). The van der Waals surface area contributed by atoms with Crippen molar-refractivity contribution in [1.29, 1.82) is 0 Å². The number of carbonyl (C=O) groups is 7. The van der Waals surface area contributed by atoms with Crippen molar-refractivity contribution in [3.8, 4) is 28.2 Å². The largest absolute Gasteiger partial charge is 0.748 e. The van der Waals surface area contributed by atoms with Crippen LogP contribution in [0.5, 0.6) is 5.75 Å². The molecule has 99 heavy (non-hydrogen) atoms. The minimum atomic E-state index is -4.94. The molecule has 1 saturated heterocycles. The highest BCUT2D eigenvalue weighted by Gasteiger charge is 2.37. The lowest BCUT2D eigenvalue weighted by molar-refractivity contribution is -0.133. The lowest BCUT2D eigenvalue weighted by Crippen LogP contribution is -2.50. The van der Waals surface area contributed by atoms with E-state index in [2.05, 4.69) is 94.8 Å². The van der Waals surface area contributed by atoms with Crippen LogP contribution in [0, 0.1) is 0 Å². The van der Waals surface area contributed by atoms with E-state index < -0.39 is 46.8 Å². The number of hydrogen-bond acceptors (Lipinski definition) is 15. The molecule has 24 heteroatoms. The summed E-state index contributed by atoms with van der Waals surface area (Å²) in [6.07, 6.45) is 4.95. The zero-order valence-electron chi connectivity index (χ0n) is 57.3. The molecule has 1 atom stereocenters. The molecule has 0 radical (unpaired) electrons. The zero-order valence-corrected chi connectivity index (χ0v) is 58.1. The molecule has 3 heterocycles. The molecule has 1 unspecified atom stereocenters. The number of ketones is 1. The highest BCUT2D eigenvalue weighted by molar-refractivity contribution is 7.85. The van der Waals surface area contributed by atoms with E-state index in [1.165, 1.54) is 7.11 Å². The minimum absolute atomic E-state index is 0.0136. The summed E-state index contributed by atoms with van der Waals surface area (Å²) in [6, 6.07) is 37.0. The first kappa shape index (κ1) is 74.0. The summed E-state index contributed by atoms with van der Waals surface area (Å²) in [4.78, 5) is 99.2. The Labute approximate surface area is 579 Å². The fourth-order valence-electron chi connectivity index (χ4n) is 13.1. The molecule has 0 aromatic heterocycles. The van der Waals surface area contributed by atoms with E-state index in [-0.39, 0.29) is 75.4 Å². The Balaban J connectivity index is 0.669. The number of rotatable bonds is 34. The Hall–Kier alpha value is -9.23. The van der Waals surface area contributed by atoms with Crippen molar-refractivity contribution in [2.75, 3.05) is 89.8 Å². The van der Waals surface area contributed by atoms with Crippen LogP contribution >= 0.6 is 0 Å². The van der Waals surface area contributed by atoms with Gasteiger partial charge < -0.3 is 59.4 Å². The van der Waals surface area contributed by atoms with Gasteiger partial charge in [-0.3, -0.25) is 33.6 Å². The molecule has 5 aromatic rings. The molecular formula is C75H91BN8O14S. The Kier molecular flexibility index (Phi) is 26.5. The van der Waals surface area contributed by atoms with Gasteiger partial charge in [-0.25, -0.2) is 13.0 Å². The van der Waals surface area contributed by atoms with Crippen molar-refractivity contribution in [2.45, 2.75) is 117 Å². The van der Waals surface area contributed by atoms with Crippen LogP contribution in [0.25, 0.3) is 33.4 Å². The number of benzene rings is 6. The lowest BCUT2D eigenvalue weighted by Gasteiger charge is -2.35. The van der Waals surface area contributed by atoms with Crippen LogP contribution in [-0.2, 0) is 53.4 Å². The summed E-state index contributed by atoms with van der Waals surface area (Å²) in [7, 11) is -4.69. The summed E-state index contributed by atoms with van der Waals surface area (Å²) >= 11 is 0. The summed E-state index contributed by atoms with van der Waals surface area (Å²) in [5.41, 5.74) is 9.22. The Morgan fingerprint density at radius 2 is 1.34 bits per heavy atom. The lowest BCUT2D eigenvalue weighted by atomic mass is 9.75. The van der Waals surface area contributed by atoms with Crippen LogP contribution in [0.4, 0.5) is 5.69 Å². The van der Waals surface area contributed by atoms with Gasteiger partial charge in [-0.1, -0.05) is 79.2 Å². The number of carbonyl (C=O) groups excluding carboxylic acids is 7. The van der Waals surface area contributed by atoms with Crippen molar-refractivity contribution >= 4 is 80.6 Å². The van der Waals surface area contributed by atoms with E-state index in [9.17, 15) is 51.6 Å². The van der Waals surface area contributed by atoms with Crippen LogP contribution in [0.3, 0.4) is 0 Å². The summed E-state index contributed by atoms with van der Waals surface area (Å²) in [6.45, 7) is 13.4. The second-order valence-corrected chi connectivity index (χ2v) is 26.4. The Morgan fingerprint density at radius 1 is 0.677 bits per heavy atom. The first-order chi connectivity index (χ1) is 47.8. The number of nitrogens with zero attached hydrogens (tertiary/aromatic N) is 4. The molecule has 5 aromatic carbocycles. The molecule has 0 saturated carbocycles. The van der Waals surface area contributed by atoms with Gasteiger partial charge in [0.25, 0.3) is 11.8 Å². The van der Waals surface area contributed by atoms with Gasteiger partial charge in [0.15, 0.2) is 5.78 Å². The predicted molar refractivity (Wildman–Crippen MR) is 381 cm³/mol. The first-order valence-electron chi connectivity index (χ1n) is 34.6. The number of methoxy groups -OCH3 is 1. The van der Waals surface area contributed by atoms with E-state index in [1.807, 2.05) is 66.7 Å². The summed E-state index contributed by atoms with van der Waals surface area (Å²) < 4.78 is 55.7. The zero-order chi connectivity index (χ0) is 70.6. The van der Waals surface area contributed by atoms with Crippen molar-refractivity contribution < 1.29 is 65.4 Å². The quantitative estimate of drug-likeness (QED) is 0.00679. The van der Waals surface area contributed by atoms with Gasteiger partial charge in [0.05, 0.1) is 35.7 Å². The van der Waals surface area contributed by atoms with Gasteiger partial charge in [0, 0.05) is 140 Å². The molecule has 9 rings (SSSR count). The van der Waals surface area contributed by atoms with E-state index in [4.69, 9.17) is 13.8 Å². The summed E-state index contributed by atoms with van der Waals surface area (Å²) in [5.74, 6) is -2.46. The SMILES string of the molecule is CCN(CC)c1ccc2c(-c3ccccc3C(=O)N3CCN(C(=O)CCCCC(=O)NC(CS(=O)(=O)[O-])C(=O)NCCCCCC(=O)NCCNC(=O)c4cc(CCCCc5ccc(C(=O)c6ccccc6)cc5)c(OC)c5c4COB5O)CC3)c3ccc(=[N+](CC)CC)cc-3oc2c1. The van der Waals surface area contributed by atoms with Crippen LogP contribution in [0.1, 0.15) is 145 Å². The maximum Gasteiger partial charge on any atom is 0.495 e. The van der Waals surface area contributed by atoms with Crippen molar-refractivity contribution in [3.05, 3.63) is 166 Å². The highest BCUT2D eigenvalue weighted by Crippen LogP contribution is 2.42. The van der Waals surface area contributed by atoms with Gasteiger partial charge in [-0.2, -0.15) is 0 Å². The minimum Gasteiger partial charge on any atom is -0.748 e. The fourth-order valence-corrected chi connectivity index (χ4v) is 13.7. The van der Waals surface area contributed by atoms with Crippen LogP contribution in [0.2, 0.25) is 0 Å². The van der Waals surface area contributed by atoms with Gasteiger partial charge in [-0.15, -0.1) is 0 Å². The van der Waals surface area contributed by atoms with E-state index in [0.717, 1.165) is 89.7 Å². The van der Waals surface area contributed by atoms with Crippen LogP contribution in [-0.4, -0.2) is 167 Å². The third-order valence-electron chi connectivity index (χ3n) is 18.5. The number of piperazine rings is 1. The van der Waals surface area contributed by atoms with Gasteiger partial charge in [0.2, 0.25) is 29.0 Å². The number of nitrogens with one attached hydrogen (secondary N) is 4. The molecule has 4 aliphatic rings. The number of ether oxygens (including phenoxy) is 1. The summed E-state index contributed by atoms with van der Waals surface area (Å²) in [5, 5.41) is 23.3. The highest BCUT2D eigenvalue weighted by atomic mass is 32.2. The number of unbranched alkanes of at least 4 members (excludes halogenated alkanes) is 4. The number of aryl methyl sites for hydroxylation is 2. The molecular weight excluding hydrogens is 1280 g/mol. The van der Waals surface area contributed by atoms with E-state index in [0.29, 0.717) is 109 Å². The van der Waals surface area contributed by atoms with Crippen LogP contribution in [0.15, 0.2) is 126 Å². The smallest absolute Gasteiger partial charge is 0.495 e. The number of hydrogen-bond donors (Lipinski definition) is 5. The molecule has 1 aliphatic carbocycles. The molecule has 6 amide bonds. The maximum absolute atomic E-state index is 14.6. The second kappa shape index (κ2) is 35.5. The van der Waals surface area contributed by atoms with Crippen molar-refractivity contribution in [2.24, 2.45) is 0 Å². The molecule has 5 N–H and O–H groups in total. The topological polar surface area (TPSA) is 289 Å². The number of anilines is 1. The predicted octanol–water partition coefficient (Wildman–Crippen LogP) is 6.98. The van der Waals surface area contributed by atoms with Gasteiger partial charge >= 0.3 is 7.12 Å². The third kappa shape index (κ3) is 19.4. The van der Waals surface area contributed by atoms with Gasteiger partial charge in [-0.05, 0) is 132 Å². The second-order valence-electron chi connectivity index (χ2n) is 24.9. The Morgan fingerprint density at radius 3 is 2.06 bits per heavy atom. The third-order valence-corrected chi connectivity index (χ3v) is 19.2. The molecule has 3 aliphatic heterocycles. The number of fused-ring (bicyclic) bond motifs is 3. The molecule has 22 nitrogen and oxygen atoms in total. The molecule has 1 fully saturated rings. The van der Waals surface area contributed by atoms with Gasteiger partial charge in [0.1, 0.15) is 36.2 Å². The van der Waals surface area contributed by atoms with Crippen molar-refractivity contribution in [3.63, 3.8) is 0 Å². The van der Waals surface area contributed by atoms with E-state index in [1.54, 1.807) is 28.0 Å². The maximum atomic E-state index is 14.6. The average molecular weight is 1370 g/mol. The fraction of sp³-hybridized carbons (Fsp3) is 0.413. The van der Waals surface area contributed by atoms with Crippen molar-refractivity contribution in [1.82, 2.24) is 35.6 Å². The van der Waals surface area contributed by atoms with Crippen LogP contribution < -0.4 is 46.3 Å². The number of amides is 6. The first-order valence-corrected chi connectivity index (χ1v) is 36.2. The monoisotopic (exact) mass is 1370 g/mol.